The van der Waals surface area contributed by atoms with Crippen molar-refractivity contribution < 1.29 is 29.2 Å². The first-order valence-electron chi connectivity index (χ1n) is 10.5. The number of nitrogens with zero attached hydrogens (tertiary/aromatic N) is 2. The van der Waals surface area contributed by atoms with Crippen molar-refractivity contribution in [3.63, 3.8) is 0 Å². The van der Waals surface area contributed by atoms with Crippen LogP contribution < -0.4 is 20.1 Å². The van der Waals surface area contributed by atoms with Gasteiger partial charge in [0.25, 0.3) is 11.8 Å². The van der Waals surface area contributed by atoms with E-state index in [1.807, 2.05) is 25.2 Å². The highest BCUT2D eigenvalue weighted by Crippen LogP contribution is 2.36. The minimum Gasteiger partial charge on any atom is -0.497 e. The highest BCUT2D eigenvalue weighted by Gasteiger charge is 2.40. The maximum atomic E-state index is 13.4. The summed E-state index contributed by atoms with van der Waals surface area (Å²) < 4.78 is 10.8. The Bertz CT molecular complexity index is 1070. The van der Waals surface area contributed by atoms with Gasteiger partial charge in [-0.25, -0.2) is 0 Å². The molecule has 32 heavy (non-hydrogen) atoms. The fourth-order valence-corrected chi connectivity index (χ4v) is 4.19. The molecule has 1 atom stereocenters. The Morgan fingerprint density at radius 1 is 1.09 bits per heavy atom. The first-order valence-corrected chi connectivity index (χ1v) is 10.5. The number of ether oxygens (including phenoxy) is 2. The van der Waals surface area contributed by atoms with Crippen LogP contribution in [-0.4, -0.2) is 81.0 Å². The zero-order valence-electron chi connectivity index (χ0n) is 18.4. The molecule has 2 aromatic carbocycles. The van der Waals surface area contributed by atoms with E-state index in [4.69, 9.17) is 9.47 Å². The number of quaternary nitrogens is 1. The van der Waals surface area contributed by atoms with Crippen molar-refractivity contribution in [3.8, 4) is 22.6 Å². The highest BCUT2D eigenvalue weighted by atomic mass is 16.5. The van der Waals surface area contributed by atoms with E-state index in [0.29, 0.717) is 42.4 Å². The maximum absolute atomic E-state index is 13.4. The monoisotopic (exact) mass is 439 g/mol. The zero-order chi connectivity index (χ0) is 22.8. The standard InChI is InChI=1S/C23H26N4O5/c1-24-12-21(28)26-8-9-27-19(13-26)22(29)25-18-7-4-14(10-17(18)23(27)30)16-6-5-15(31-2)11-20(16)32-3/h4-7,10-11,19,24H,8-9,12-13H2,1-3H3,(H,25,29)/p+1/t19-/m1/s1. The smallest absolute Gasteiger partial charge is 0.277 e. The number of nitrogens with two attached hydrogens (primary N) is 1. The number of piperazine rings is 1. The number of fused-ring (bicyclic) bond motifs is 2. The minimum absolute atomic E-state index is 0.0388. The van der Waals surface area contributed by atoms with Crippen LogP contribution in [0.25, 0.3) is 11.1 Å². The average Bonchev–Trinajstić information content (AvgIpc) is 2.92. The third-order valence-electron chi connectivity index (χ3n) is 5.90. The Kier molecular flexibility index (Phi) is 6.00. The summed E-state index contributed by atoms with van der Waals surface area (Å²) in [5.74, 6) is 0.728. The first kappa shape index (κ1) is 21.6. The molecular weight excluding hydrogens is 412 g/mol. The van der Waals surface area contributed by atoms with E-state index in [0.717, 1.165) is 11.1 Å². The van der Waals surface area contributed by atoms with E-state index >= 15 is 0 Å². The van der Waals surface area contributed by atoms with Gasteiger partial charge in [-0.05, 0) is 29.8 Å². The first-order chi connectivity index (χ1) is 15.5. The highest BCUT2D eigenvalue weighted by molar-refractivity contribution is 6.11. The molecule has 2 aromatic rings. The van der Waals surface area contributed by atoms with Gasteiger partial charge in [-0.3, -0.25) is 14.4 Å². The van der Waals surface area contributed by atoms with Gasteiger partial charge in [0.2, 0.25) is 5.91 Å². The summed E-state index contributed by atoms with van der Waals surface area (Å²) in [6.07, 6.45) is 0. The molecule has 3 N–H and O–H groups in total. The molecule has 1 fully saturated rings. The molecule has 3 amide bonds. The Balaban J connectivity index is 1.67. The molecule has 1 saturated heterocycles. The molecule has 0 saturated carbocycles. The lowest BCUT2D eigenvalue weighted by Crippen LogP contribution is -2.83. The van der Waals surface area contributed by atoms with Crippen LogP contribution in [0.1, 0.15) is 10.4 Å². The molecule has 2 aliphatic heterocycles. The van der Waals surface area contributed by atoms with Crippen molar-refractivity contribution >= 4 is 23.4 Å². The van der Waals surface area contributed by atoms with Gasteiger partial charge in [-0.1, -0.05) is 6.07 Å². The van der Waals surface area contributed by atoms with Gasteiger partial charge in [0.1, 0.15) is 17.5 Å². The van der Waals surface area contributed by atoms with Crippen LogP contribution in [0.2, 0.25) is 0 Å². The molecule has 0 radical (unpaired) electrons. The Morgan fingerprint density at radius 3 is 2.62 bits per heavy atom. The van der Waals surface area contributed by atoms with E-state index in [1.54, 1.807) is 47.5 Å². The molecule has 0 aromatic heterocycles. The number of rotatable bonds is 5. The average molecular weight is 439 g/mol. The summed E-state index contributed by atoms with van der Waals surface area (Å²) in [6.45, 7) is 1.22. The van der Waals surface area contributed by atoms with Gasteiger partial charge in [0.05, 0.1) is 39.1 Å². The quantitative estimate of drug-likeness (QED) is 0.691. The number of anilines is 1. The van der Waals surface area contributed by atoms with Crippen LogP contribution in [0.4, 0.5) is 5.69 Å². The van der Waals surface area contributed by atoms with Crippen LogP contribution in [0, 0.1) is 0 Å². The number of nitrogens with one attached hydrogen (secondary N) is 1. The Labute approximate surface area is 186 Å². The minimum atomic E-state index is -0.719. The van der Waals surface area contributed by atoms with Gasteiger partial charge in [-0.15, -0.1) is 0 Å². The van der Waals surface area contributed by atoms with E-state index in [-0.39, 0.29) is 24.3 Å². The van der Waals surface area contributed by atoms with Gasteiger partial charge in [0, 0.05) is 24.7 Å². The molecule has 0 aliphatic carbocycles. The Hall–Kier alpha value is -3.59. The third kappa shape index (κ3) is 3.87. The van der Waals surface area contributed by atoms with Crippen molar-refractivity contribution in [2.45, 2.75) is 6.04 Å². The van der Waals surface area contributed by atoms with Gasteiger partial charge < -0.3 is 29.9 Å². The lowest BCUT2D eigenvalue weighted by Gasteiger charge is -2.39. The molecule has 0 unspecified atom stereocenters. The van der Waals surface area contributed by atoms with Crippen LogP contribution in [-0.2, 0) is 9.59 Å². The summed E-state index contributed by atoms with van der Waals surface area (Å²) in [4.78, 5) is 41.9. The summed E-state index contributed by atoms with van der Waals surface area (Å²) in [5, 5.41) is 4.66. The number of likely N-dealkylation sites (N-methyl/N-ethyl adjacent to an activating group) is 1. The van der Waals surface area contributed by atoms with E-state index in [2.05, 4.69) is 5.32 Å². The number of methoxy groups -OCH3 is 2. The largest absolute Gasteiger partial charge is 0.497 e. The van der Waals surface area contributed by atoms with Crippen molar-refractivity contribution in [1.29, 1.82) is 0 Å². The Morgan fingerprint density at radius 2 is 1.91 bits per heavy atom. The molecule has 2 heterocycles. The van der Waals surface area contributed by atoms with Crippen LogP contribution >= 0.6 is 0 Å². The van der Waals surface area contributed by atoms with Gasteiger partial charge in [0.15, 0.2) is 6.54 Å². The van der Waals surface area contributed by atoms with Crippen molar-refractivity contribution in [3.05, 3.63) is 42.0 Å². The second-order valence-corrected chi connectivity index (χ2v) is 7.78. The normalized spacial score (nSPS) is 17.8. The summed E-state index contributed by atoms with van der Waals surface area (Å²) >= 11 is 0. The van der Waals surface area contributed by atoms with Gasteiger partial charge in [-0.2, -0.15) is 0 Å². The van der Waals surface area contributed by atoms with Crippen LogP contribution in [0.3, 0.4) is 0 Å². The van der Waals surface area contributed by atoms with Gasteiger partial charge >= 0.3 is 0 Å². The topological polar surface area (TPSA) is 105 Å². The second-order valence-electron chi connectivity index (χ2n) is 7.78. The molecule has 0 bridgehead atoms. The summed E-state index contributed by atoms with van der Waals surface area (Å²) in [7, 11) is 4.99. The maximum Gasteiger partial charge on any atom is 0.277 e. The lowest BCUT2D eigenvalue weighted by atomic mass is 10.00. The van der Waals surface area contributed by atoms with Crippen molar-refractivity contribution in [1.82, 2.24) is 9.80 Å². The lowest BCUT2D eigenvalue weighted by molar-refractivity contribution is -0.616. The summed E-state index contributed by atoms with van der Waals surface area (Å²) in [5.41, 5.74) is 2.47. The third-order valence-corrected chi connectivity index (χ3v) is 5.90. The molecule has 0 spiro atoms. The number of benzene rings is 2. The number of carbonyl (C=O) groups excluding carboxylic acids is 3. The molecule has 9 heteroatoms. The number of carbonyl (C=O) groups is 3. The van der Waals surface area contributed by atoms with E-state index in [9.17, 15) is 14.4 Å². The predicted molar refractivity (Wildman–Crippen MR) is 118 cm³/mol. The molecule has 9 nitrogen and oxygen atoms in total. The molecule has 168 valence electrons. The van der Waals surface area contributed by atoms with E-state index < -0.39 is 6.04 Å². The number of hydrogen-bond acceptors (Lipinski definition) is 5. The van der Waals surface area contributed by atoms with Crippen LogP contribution in [0.5, 0.6) is 11.5 Å². The van der Waals surface area contributed by atoms with E-state index in [1.165, 1.54) is 0 Å². The summed E-state index contributed by atoms with van der Waals surface area (Å²) in [6, 6.07) is 10.1. The fourth-order valence-electron chi connectivity index (χ4n) is 4.19. The fraction of sp³-hybridized carbons (Fsp3) is 0.348. The van der Waals surface area contributed by atoms with Crippen molar-refractivity contribution in [2.24, 2.45) is 0 Å². The van der Waals surface area contributed by atoms with Crippen molar-refractivity contribution in [2.75, 3.05) is 52.8 Å². The SMILES string of the molecule is C[NH2+]CC(=O)N1CCN2C(=O)c3cc(-c4ccc(OC)cc4OC)ccc3NC(=O)[C@H]2C1. The second kappa shape index (κ2) is 8.88. The zero-order valence-corrected chi connectivity index (χ0v) is 18.4. The predicted octanol–water partition coefficient (Wildman–Crippen LogP) is 0.169. The number of amides is 3. The number of hydrogen-bond donors (Lipinski definition) is 2. The van der Waals surface area contributed by atoms with Crippen LogP contribution in [0.15, 0.2) is 36.4 Å². The molecule has 4 rings (SSSR count). The molecular formula is C23H27N4O5+. The molecule has 2 aliphatic rings.